The number of ether oxygens (including phenoxy) is 1. The number of likely N-dealkylation sites (N-methyl/N-ethyl adjacent to an activating group) is 1. The zero-order chi connectivity index (χ0) is 18.8. The summed E-state index contributed by atoms with van der Waals surface area (Å²) in [6.07, 6.45) is 9.03. The van der Waals surface area contributed by atoms with E-state index in [4.69, 9.17) is 10.1 Å². The first-order valence-electron chi connectivity index (χ1n) is 10.1. The van der Waals surface area contributed by atoms with Crippen LogP contribution in [0, 0.1) is 5.41 Å². The Morgan fingerprint density at radius 3 is 2.19 bits per heavy atom. The molecular formula is C21H36N4O. The number of nitrogens with one attached hydrogen (secondary N) is 1. The summed E-state index contributed by atoms with van der Waals surface area (Å²) < 4.78 is 9.95. The van der Waals surface area contributed by atoms with Crippen LogP contribution in [0.15, 0.2) is 24.3 Å². The van der Waals surface area contributed by atoms with Gasteiger partial charge in [0, 0.05) is 19.7 Å². The molecule has 0 saturated carbocycles. The van der Waals surface area contributed by atoms with Gasteiger partial charge >= 0.3 is 0 Å². The van der Waals surface area contributed by atoms with Crippen LogP contribution in [-0.4, -0.2) is 41.3 Å². The van der Waals surface area contributed by atoms with E-state index in [-0.39, 0.29) is 0 Å². The van der Waals surface area contributed by atoms with Crippen molar-refractivity contribution < 1.29 is 4.74 Å². The molecule has 0 fully saturated rings. The summed E-state index contributed by atoms with van der Waals surface area (Å²) in [5.74, 6) is 0. The Morgan fingerprint density at radius 2 is 1.54 bits per heavy atom. The number of fused-ring (bicyclic) bond motifs is 1. The number of unbranched alkanes of at least 4 members (excludes halogenated alkanes) is 6. The Morgan fingerprint density at radius 1 is 0.923 bits per heavy atom. The molecule has 146 valence electrons. The molecule has 0 atom stereocenters. The van der Waals surface area contributed by atoms with Crippen molar-refractivity contribution in [2.24, 2.45) is 0 Å². The highest BCUT2D eigenvalue weighted by molar-refractivity contribution is 5.75. The predicted octanol–water partition coefficient (Wildman–Crippen LogP) is 4.21. The van der Waals surface area contributed by atoms with Crippen molar-refractivity contribution in [1.82, 2.24) is 14.0 Å². The molecule has 0 aliphatic rings. The van der Waals surface area contributed by atoms with Gasteiger partial charge in [0.25, 0.3) is 0 Å². The first-order valence-corrected chi connectivity index (χ1v) is 10.1. The number of hydrogen-bond acceptors (Lipinski definition) is 3. The molecule has 0 saturated heterocycles. The smallest absolute Gasteiger partial charge is 0.204 e. The molecule has 0 unspecified atom stereocenters. The molecule has 1 aromatic carbocycles. The Hall–Kier alpha value is -1.59. The van der Waals surface area contributed by atoms with Gasteiger partial charge < -0.3 is 14.2 Å². The summed E-state index contributed by atoms with van der Waals surface area (Å²) >= 11 is 0. The maximum atomic E-state index is 8.56. The largest absolute Gasteiger partial charge is 0.361 e. The molecule has 1 heterocycles. The fourth-order valence-corrected chi connectivity index (χ4v) is 3.27. The van der Waals surface area contributed by atoms with Crippen LogP contribution >= 0.6 is 0 Å². The van der Waals surface area contributed by atoms with E-state index in [2.05, 4.69) is 42.6 Å². The quantitative estimate of drug-likeness (QED) is 0.544. The number of nitrogens with zero attached hydrogens (tertiary/aromatic N) is 3. The summed E-state index contributed by atoms with van der Waals surface area (Å²) in [4.78, 5) is 2.15. The Labute approximate surface area is 158 Å². The number of para-hydroxylation sites is 2. The molecular weight excluding hydrogens is 324 g/mol. The summed E-state index contributed by atoms with van der Waals surface area (Å²) in [6, 6.07) is 8.25. The summed E-state index contributed by atoms with van der Waals surface area (Å²) in [7, 11) is 4.13. The van der Waals surface area contributed by atoms with E-state index in [1.807, 2.05) is 16.7 Å². The van der Waals surface area contributed by atoms with E-state index < -0.39 is 0 Å². The van der Waals surface area contributed by atoms with Gasteiger partial charge in [0.2, 0.25) is 5.62 Å². The molecule has 0 aliphatic carbocycles. The van der Waals surface area contributed by atoms with E-state index in [9.17, 15) is 0 Å². The molecule has 5 nitrogen and oxygen atoms in total. The average molecular weight is 361 g/mol. The van der Waals surface area contributed by atoms with Crippen molar-refractivity contribution in [2.45, 2.75) is 65.1 Å². The molecule has 0 amide bonds. The standard InChI is InChI=1S/C21H36N4O/c1-4-5-6-7-8-9-12-17-26-18-25-20-14-11-10-13-19(20)24(21(25)22)16-15-23(2)3/h10-11,13-14,22H,4-9,12,15-18H2,1-3H3. The van der Waals surface area contributed by atoms with Gasteiger partial charge in [0.05, 0.1) is 11.0 Å². The molecule has 2 rings (SSSR count). The van der Waals surface area contributed by atoms with Gasteiger partial charge in [-0.1, -0.05) is 57.6 Å². The Kier molecular flexibility index (Phi) is 8.92. The van der Waals surface area contributed by atoms with Crippen molar-refractivity contribution in [1.29, 1.82) is 5.41 Å². The fourth-order valence-electron chi connectivity index (χ4n) is 3.27. The van der Waals surface area contributed by atoms with Crippen molar-refractivity contribution >= 4 is 11.0 Å². The second kappa shape index (κ2) is 11.2. The van der Waals surface area contributed by atoms with Crippen LogP contribution in [0.1, 0.15) is 51.9 Å². The maximum absolute atomic E-state index is 8.56. The normalized spacial score (nSPS) is 11.7. The lowest BCUT2D eigenvalue weighted by molar-refractivity contribution is 0.0728. The van der Waals surface area contributed by atoms with Gasteiger partial charge in [-0.25, -0.2) is 0 Å². The highest BCUT2D eigenvalue weighted by Crippen LogP contribution is 2.13. The molecule has 26 heavy (non-hydrogen) atoms. The SMILES string of the molecule is CCCCCCCCCOCn1c(=N)n(CCN(C)C)c2ccccc21. The van der Waals surface area contributed by atoms with Crippen LogP contribution < -0.4 is 5.62 Å². The van der Waals surface area contributed by atoms with Crippen LogP contribution in [0.3, 0.4) is 0 Å². The van der Waals surface area contributed by atoms with E-state index in [0.717, 1.165) is 37.2 Å². The van der Waals surface area contributed by atoms with E-state index >= 15 is 0 Å². The van der Waals surface area contributed by atoms with E-state index in [1.165, 1.54) is 38.5 Å². The first kappa shape index (κ1) is 20.7. The van der Waals surface area contributed by atoms with Gasteiger partial charge in [0.15, 0.2) is 0 Å². The second-order valence-corrected chi connectivity index (χ2v) is 7.35. The molecule has 0 spiro atoms. The number of aromatic nitrogens is 2. The van der Waals surface area contributed by atoms with Gasteiger partial charge in [-0.05, 0) is 32.6 Å². The third-order valence-corrected chi connectivity index (χ3v) is 4.86. The molecule has 2 aromatic rings. The zero-order valence-corrected chi connectivity index (χ0v) is 16.8. The molecule has 5 heteroatoms. The Balaban J connectivity index is 1.87. The minimum atomic E-state index is 0.462. The number of hydrogen-bond donors (Lipinski definition) is 1. The second-order valence-electron chi connectivity index (χ2n) is 7.35. The van der Waals surface area contributed by atoms with Crippen LogP contribution in [0.2, 0.25) is 0 Å². The number of rotatable bonds is 13. The molecule has 0 bridgehead atoms. The van der Waals surface area contributed by atoms with E-state index in [0.29, 0.717) is 12.3 Å². The lowest BCUT2D eigenvalue weighted by Crippen LogP contribution is -2.29. The third-order valence-electron chi connectivity index (χ3n) is 4.86. The van der Waals surface area contributed by atoms with Gasteiger partial charge in [-0.2, -0.15) is 0 Å². The zero-order valence-electron chi connectivity index (χ0n) is 16.8. The lowest BCUT2D eigenvalue weighted by atomic mass is 10.1. The highest BCUT2D eigenvalue weighted by atomic mass is 16.5. The van der Waals surface area contributed by atoms with Crippen molar-refractivity contribution in [3.63, 3.8) is 0 Å². The third kappa shape index (κ3) is 5.99. The van der Waals surface area contributed by atoms with Crippen molar-refractivity contribution in [3.8, 4) is 0 Å². The lowest BCUT2D eigenvalue weighted by Gasteiger charge is -2.10. The van der Waals surface area contributed by atoms with Crippen molar-refractivity contribution in [3.05, 3.63) is 29.9 Å². The molecule has 1 N–H and O–H groups in total. The van der Waals surface area contributed by atoms with Gasteiger partial charge in [-0.15, -0.1) is 0 Å². The fraction of sp³-hybridized carbons (Fsp3) is 0.667. The van der Waals surface area contributed by atoms with Crippen molar-refractivity contribution in [2.75, 3.05) is 27.2 Å². The van der Waals surface area contributed by atoms with Crippen LogP contribution in [-0.2, 0) is 18.0 Å². The molecule has 0 radical (unpaired) electrons. The molecule has 1 aromatic heterocycles. The summed E-state index contributed by atoms with van der Waals surface area (Å²) in [6.45, 7) is 5.23. The maximum Gasteiger partial charge on any atom is 0.204 e. The van der Waals surface area contributed by atoms with E-state index in [1.54, 1.807) is 0 Å². The highest BCUT2D eigenvalue weighted by Gasteiger charge is 2.10. The average Bonchev–Trinajstić information content (AvgIpc) is 2.90. The predicted molar refractivity (Wildman–Crippen MR) is 108 cm³/mol. The molecule has 0 aliphatic heterocycles. The minimum Gasteiger partial charge on any atom is -0.361 e. The topological polar surface area (TPSA) is 46.2 Å². The van der Waals surface area contributed by atoms with Crippen LogP contribution in [0.25, 0.3) is 11.0 Å². The monoisotopic (exact) mass is 360 g/mol. The van der Waals surface area contributed by atoms with Crippen LogP contribution in [0.4, 0.5) is 0 Å². The summed E-state index contributed by atoms with van der Waals surface area (Å²) in [5.41, 5.74) is 2.71. The number of imidazole rings is 1. The van der Waals surface area contributed by atoms with Gasteiger partial charge in [0.1, 0.15) is 6.73 Å². The first-order chi connectivity index (χ1) is 12.6. The Bertz CT molecular complexity index is 702. The number of benzene rings is 1. The van der Waals surface area contributed by atoms with Gasteiger partial charge in [-0.3, -0.25) is 9.98 Å². The minimum absolute atomic E-state index is 0.462. The van der Waals surface area contributed by atoms with Crippen LogP contribution in [0.5, 0.6) is 0 Å². The summed E-state index contributed by atoms with van der Waals surface area (Å²) in [5, 5.41) is 8.56.